The number of aromatic nitrogens is 3. The van der Waals surface area contributed by atoms with Gasteiger partial charge in [0.1, 0.15) is 5.82 Å². The first kappa shape index (κ1) is 10.4. The van der Waals surface area contributed by atoms with Gasteiger partial charge in [0.15, 0.2) is 6.33 Å². The number of nitrogen functional groups attached to an aromatic ring is 1. The summed E-state index contributed by atoms with van der Waals surface area (Å²) in [5.41, 5.74) is 7.33. The van der Waals surface area contributed by atoms with Gasteiger partial charge in [0, 0.05) is 18.7 Å². The van der Waals surface area contributed by atoms with Crippen molar-refractivity contribution in [2.45, 2.75) is 13.3 Å². The van der Waals surface area contributed by atoms with Crippen LogP contribution in [0.5, 0.6) is 0 Å². The maximum absolute atomic E-state index is 5.77. The molecule has 0 aliphatic rings. The number of hydrogen-bond donors (Lipinski definition) is 2. The van der Waals surface area contributed by atoms with E-state index in [0.29, 0.717) is 30.4 Å². The van der Waals surface area contributed by atoms with Gasteiger partial charge in [0.25, 0.3) is 0 Å². The molecule has 0 aliphatic heterocycles. The number of aryl methyl sites for hydroxylation is 1. The molecular weight excluding hydrogens is 206 g/mol. The predicted octanol–water partition coefficient (Wildman–Crippen LogP) is 1.01. The number of nitrogens with zero attached hydrogens (tertiary/aromatic N) is 3. The molecule has 0 saturated carbocycles. The van der Waals surface area contributed by atoms with E-state index >= 15 is 0 Å². The summed E-state index contributed by atoms with van der Waals surface area (Å²) >= 11 is 0. The smallest absolute Gasteiger partial charge is 0.228 e. The zero-order valence-electron chi connectivity index (χ0n) is 8.97. The molecule has 0 spiro atoms. The summed E-state index contributed by atoms with van der Waals surface area (Å²) in [4.78, 5) is 8.21. The third-order valence-corrected chi connectivity index (χ3v) is 2.10. The maximum atomic E-state index is 5.77. The molecule has 0 bridgehead atoms. The Kier molecular flexibility index (Phi) is 3.00. The molecule has 0 amide bonds. The number of nitrogens with one attached hydrogen (secondary N) is 1. The molecule has 0 fully saturated rings. The van der Waals surface area contributed by atoms with Gasteiger partial charge in [-0.1, -0.05) is 5.16 Å². The van der Waals surface area contributed by atoms with Crippen LogP contribution in [0.1, 0.15) is 11.6 Å². The largest absolute Gasteiger partial charge is 0.396 e. The van der Waals surface area contributed by atoms with Crippen LogP contribution in [0.15, 0.2) is 23.0 Å². The summed E-state index contributed by atoms with van der Waals surface area (Å²) in [7, 11) is 0. The van der Waals surface area contributed by atoms with E-state index in [1.807, 2.05) is 19.1 Å². The standard InChI is InChI=1S/C10H13N5O/c1-7-2-3-8(11)10(15-7)12-5-4-9-13-6-14-16-9/h2-3,6H,4-5,11H2,1H3,(H,12,15). The van der Waals surface area contributed by atoms with Gasteiger partial charge in [-0.05, 0) is 19.1 Å². The highest BCUT2D eigenvalue weighted by Gasteiger charge is 2.02. The Morgan fingerprint density at radius 3 is 3.06 bits per heavy atom. The minimum absolute atomic E-state index is 0.596. The molecule has 84 valence electrons. The molecule has 16 heavy (non-hydrogen) atoms. The summed E-state index contributed by atoms with van der Waals surface area (Å²) in [6.07, 6.45) is 2.03. The summed E-state index contributed by atoms with van der Waals surface area (Å²) in [5.74, 6) is 1.29. The van der Waals surface area contributed by atoms with Crippen LogP contribution < -0.4 is 11.1 Å². The Morgan fingerprint density at radius 1 is 1.44 bits per heavy atom. The van der Waals surface area contributed by atoms with Crippen LogP contribution in [0, 0.1) is 6.92 Å². The molecule has 2 aromatic rings. The lowest BCUT2D eigenvalue weighted by Gasteiger charge is -2.07. The fraction of sp³-hybridized carbons (Fsp3) is 0.300. The Bertz CT molecular complexity index is 454. The van der Waals surface area contributed by atoms with Gasteiger partial charge in [-0.25, -0.2) is 4.98 Å². The van der Waals surface area contributed by atoms with Gasteiger partial charge < -0.3 is 15.6 Å². The van der Waals surface area contributed by atoms with Crippen molar-refractivity contribution in [2.75, 3.05) is 17.6 Å². The third-order valence-electron chi connectivity index (χ3n) is 2.10. The van der Waals surface area contributed by atoms with Crippen molar-refractivity contribution in [3.63, 3.8) is 0 Å². The maximum Gasteiger partial charge on any atom is 0.228 e. The van der Waals surface area contributed by atoms with Crippen LogP contribution in [-0.2, 0) is 6.42 Å². The Hall–Kier alpha value is -2.11. The highest BCUT2D eigenvalue weighted by molar-refractivity contribution is 5.61. The van der Waals surface area contributed by atoms with Crippen LogP contribution in [0.25, 0.3) is 0 Å². The van der Waals surface area contributed by atoms with E-state index < -0.39 is 0 Å². The number of rotatable bonds is 4. The van der Waals surface area contributed by atoms with Crippen LogP contribution in [0.3, 0.4) is 0 Å². The quantitative estimate of drug-likeness (QED) is 0.797. The topological polar surface area (TPSA) is 89.9 Å². The van der Waals surface area contributed by atoms with Gasteiger partial charge in [-0.3, -0.25) is 0 Å². The Labute approximate surface area is 92.9 Å². The number of nitrogens with two attached hydrogens (primary N) is 1. The number of anilines is 2. The van der Waals surface area contributed by atoms with E-state index in [2.05, 4.69) is 20.4 Å². The van der Waals surface area contributed by atoms with E-state index in [9.17, 15) is 0 Å². The van der Waals surface area contributed by atoms with Gasteiger partial charge >= 0.3 is 0 Å². The van der Waals surface area contributed by atoms with Crippen molar-refractivity contribution in [1.29, 1.82) is 0 Å². The van der Waals surface area contributed by atoms with Gasteiger partial charge in [-0.2, -0.15) is 4.98 Å². The van der Waals surface area contributed by atoms with Gasteiger partial charge in [0.2, 0.25) is 5.89 Å². The van der Waals surface area contributed by atoms with Crippen molar-refractivity contribution in [2.24, 2.45) is 0 Å². The molecule has 0 saturated heterocycles. The molecule has 0 aliphatic carbocycles. The first-order valence-corrected chi connectivity index (χ1v) is 4.98. The summed E-state index contributed by atoms with van der Waals surface area (Å²) in [6.45, 7) is 2.57. The molecule has 2 rings (SSSR count). The van der Waals surface area contributed by atoms with E-state index in [0.717, 1.165) is 5.69 Å². The zero-order chi connectivity index (χ0) is 11.4. The van der Waals surface area contributed by atoms with Crippen LogP contribution in [-0.4, -0.2) is 21.7 Å². The molecule has 2 heterocycles. The van der Waals surface area contributed by atoms with E-state index in [-0.39, 0.29) is 0 Å². The first-order valence-electron chi connectivity index (χ1n) is 4.98. The van der Waals surface area contributed by atoms with Gasteiger partial charge in [-0.15, -0.1) is 0 Å². The summed E-state index contributed by atoms with van der Waals surface area (Å²) in [6, 6.07) is 3.70. The monoisotopic (exact) mass is 219 g/mol. The number of hydrogen-bond acceptors (Lipinski definition) is 6. The van der Waals surface area contributed by atoms with Crippen molar-refractivity contribution >= 4 is 11.5 Å². The number of pyridine rings is 1. The third kappa shape index (κ3) is 2.47. The molecule has 0 aromatic carbocycles. The van der Waals surface area contributed by atoms with Crippen molar-refractivity contribution in [3.8, 4) is 0 Å². The lowest BCUT2D eigenvalue weighted by Crippen LogP contribution is -2.09. The summed E-state index contributed by atoms with van der Waals surface area (Å²) < 4.78 is 4.87. The van der Waals surface area contributed by atoms with E-state index in [4.69, 9.17) is 10.3 Å². The fourth-order valence-corrected chi connectivity index (χ4v) is 1.30. The second-order valence-corrected chi connectivity index (χ2v) is 3.40. The van der Waals surface area contributed by atoms with Crippen LogP contribution in [0.4, 0.5) is 11.5 Å². The predicted molar refractivity (Wildman–Crippen MR) is 59.9 cm³/mol. The second kappa shape index (κ2) is 4.61. The minimum atomic E-state index is 0.596. The SMILES string of the molecule is Cc1ccc(N)c(NCCc2ncno2)n1. The second-order valence-electron chi connectivity index (χ2n) is 3.40. The van der Waals surface area contributed by atoms with Crippen LogP contribution in [0.2, 0.25) is 0 Å². The van der Waals surface area contributed by atoms with E-state index in [1.54, 1.807) is 0 Å². The first-order chi connectivity index (χ1) is 7.75. The lowest BCUT2D eigenvalue weighted by molar-refractivity contribution is 0.379. The van der Waals surface area contributed by atoms with E-state index in [1.165, 1.54) is 6.33 Å². The molecule has 6 heteroatoms. The Morgan fingerprint density at radius 2 is 2.31 bits per heavy atom. The highest BCUT2D eigenvalue weighted by atomic mass is 16.5. The molecular formula is C10H13N5O. The van der Waals surface area contributed by atoms with Crippen LogP contribution >= 0.6 is 0 Å². The zero-order valence-corrected chi connectivity index (χ0v) is 8.97. The normalized spacial score (nSPS) is 10.3. The summed E-state index contributed by atoms with van der Waals surface area (Å²) in [5, 5.41) is 6.65. The molecule has 3 N–H and O–H groups in total. The molecule has 0 unspecified atom stereocenters. The lowest BCUT2D eigenvalue weighted by atomic mass is 10.3. The average Bonchev–Trinajstić information content (AvgIpc) is 2.76. The molecule has 0 atom stereocenters. The molecule has 6 nitrogen and oxygen atoms in total. The van der Waals surface area contributed by atoms with Crippen molar-refractivity contribution < 1.29 is 4.52 Å². The van der Waals surface area contributed by atoms with Crippen molar-refractivity contribution in [1.82, 2.24) is 15.1 Å². The van der Waals surface area contributed by atoms with Crippen molar-refractivity contribution in [3.05, 3.63) is 30.0 Å². The Balaban J connectivity index is 1.92. The average molecular weight is 219 g/mol. The highest BCUT2D eigenvalue weighted by Crippen LogP contribution is 2.14. The fourth-order valence-electron chi connectivity index (χ4n) is 1.30. The molecule has 2 aromatic heterocycles. The minimum Gasteiger partial charge on any atom is -0.396 e. The molecule has 0 radical (unpaired) electrons. The van der Waals surface area contributed by atoms with Gasteiger partial charge in [0.05, 0.1) is 5.69 Å².